The van der Waals surface area contributed by atoms with Crippen LogP contribution in [-0.2, 0) is 17.8 Å². The molecular weight excluding hydrogens is 423 g/mol. The average Bonchev–Trinajstić information content (AvgIpc) is 3.23. The van der Waals surface area contributed by atoms with Crippen molar-refractivity contribution in [3.8, 4) is 16.9 Å². The number of carbonyl (C=O) groups is 1. The van der Waals surface area contributed by atoms with Gasteiger partial charge in [0.1, 0.15) is 5.82 Å². The van der Waals surface area contributed by atoms with E-state index in [1.54, 1.807) is 42.2 Å². The first-order chi connectivity index (χ1) is 15.9. The summed E-state index contributed by atoms with van der Waals surface area (Å²) < 4.78 is 15.2. The number of halogens is 1. The molecule has 0 atom stereocenters. The Balaban J connectivity index is 1.63. The van der Waals surface area contributed by atoms with E-state index in [0.29, 0.717) is 22.4 Å². The first kappa shape index (κ1) is 21.9. The van der Waals surface area contributed by atoms with Gasteiger partial charge in [-0.05, 0) is 42.0 Å². The predicted molar refractivity (Wildman–Crippen MR) is 122 cm³/mol. The minimum Gasteiger partial charge on any atom is -0.341 e. The van der Waals surface area contributed by atoms with Crippen molar-refractivity contribution in [2.45, 2.75) is 13.0 Å². The Hall–Kier alpha value is -4.33. The van der Waals surface area contributed by atoms with E-state index in [0.717, 1.165) is 5.69 Å². The molecular formula is C25H21FN4O3. The normalized spacial score (nSPS) is 10.7. The Labute approximate surface area is 189 Å². The zero-order chi connectivity index (χ0) is 23.4. The fourth-order valence-corrected chi connectivity index (χ4v) is 3.53. The summed E-state index contributed by atoms with van der Waals surface area (Å²) in [6.07, 6.45) is 1.87. The van der Waals surface area contributed by atoms with Crippen LogP contribution < -0.4 is 0 Å². The monoisotopic (exact) mass is 444 g/mol. The zero-order valence-electron chi connectivity index (χ0n) is 17.9. The van der Waals surface area contributed by atoms with Gasteiger partial charge in [0.25, 0.3) is 5.69 Å². The van der Waals surface area contributed by atoms with Gasteiger partial charge in [0.05, 0.1) is 22.7 Å². The van der Waals surface area contributed by atoms with E-state index in [4.69, 9.17) is 0 Å². The highest BCUT2D eigenvalue weighted by atomic mass is 19.1. The Morgan fingerprint density at radius 3 is 2.45 bits per heavy atom. The van der Waals surface area contributed by atoms with Crippen LogP contribution in [0, 0.1) is 15.9 Å². The van der Waals surface area contributed by atoms with Crippen molar-refractivity contribution in [1.82, 2.24) is 14.7 Å². The summed E-state index contributed by atoms with van der Waals surface area (Å²) in [5, 5.41) is 15.7. The number of nitro benzene ring substituents is 1. The fourth-order valence-electron chi connectivity index (χ4n) is 3.53. The number of amides is 1. The van der Waals surface area contributed by atoms with Gasteiger partial charge in [-0.25, -0.2) is 9.07 Å². The third-order valence-corrected chi connectivity index (χ3v) is 5.24. The van der Waals surface area contributed by atoms with Crippen molar-refractivity contribution >= 4 is 11.6 Å². The molecule has 0 aliphatic rings. The number of carbonyl (C=O) groups excluding carboxylic acids is 1. The van der Waals surface area contributed by atoms with Crippen molar-refractivity contribution in [2.75, 3.05) is 7.05 Å². The van der Waals surface area contributed by atoms with E-state index in [9.17, 15) is 19.3 Å². The number of non-ortho nitro benzene ring substituents is 1. The van der Waals surface area contributed by atoms with E-state index >= 15 is 0 Å². The number of nitro groups is 1. The standard InChI is InChI=1S/C25H21FN4O3/c1-28(16-18-6-5-7-21(26)14-18)24(31)15-20-17-29(22-8-3-2-4-9-22)27-25(20)19-10-12-23(13-11-19)30(32)33/h2-14,17H,15-16H2,1H3. The molecule has 1 amide bonds. The molecule has 1 heterocycles. The van der Waals surface area contributed by atoms with Crippen LogP contribution in [0.5, 0.6) is 0 Å². The van der Waals surface area contributed by atoms with Gasteiger partial charge in [0, 0.05) is 43.0 Å². The SMILES string of the molecule is CN(Cc1cccc(F)c1)C(=O)Cc1cn(-c2ccccc2)nc1-c1ccc([N+](=O)[O-])cc1. The van der Waals surface area contributed by atoms with Crippen LogP contribution in [0.3, 0.4) is 0 Å². The quantitative estimate of drug-likeness (QED) is 0.303. The molecule has 0 aliphatic heterocycles. The lowest BCUT2D eigenvalue weighted by molar-refractivity contribution is -0.384. The second-order valence-corrected chi connectivity index (χ2v) is 7.64. The molecule has 8 heteroatoms. The van der Waals surface area contributed by atoms with Gasteiger partial charge >= 0.3 is 0 Å². The molecule has 0 saturated carbocycles. The van der Waals surface area contributed by atoms with Gasteiger partial charge in [-0.15, -0.1) is 0 Å². The number of likely N-dealkylation sites (N-methyl/N-ethyl adjacent to an activating group) is 1. The molecule has 33 heavy (non-hydrogen) atoms. The Morgan fingerprint density at radius 2 is 1.79 bits per heavy atom. The van der Waals surface area contributed by atoms with Crippen LogP contribution in [0.15, 0.2) is 85.1 Å². The summed E-state index contributed by atoms with van der Waals surface area (Å²) in [5.74, 6) is -0.507. The van der Waals surface area contributed by atoms with Crippen LogP contribution in [0.25, 0.3) is 16.9 Å². The van der Waals surface area contributed by atoms with Gasteiger partial charge < -0.3 is 4.90 Å². The third-order valence-electron chi connectivity index (χ3n) is 5.24. The molecule has 3 aromatic carbocycles. The van der Waals surface area contributed by atoms with Crippen LogP contribution in [0.2, 0.25) is 0 Å². The highest BCUT2D eigenvalue weighted by Gasteiger charge is 2.19. The Kier molecular flexibility index (Phi) is 6.26. The molecule has 0 fully saturated rings. The van der Waals surface area contributed by atoms with Gasteiger partial charge in [-0.3, -0.25) is 14.9 Å². The predicted octanol–water partition coefficient (Wildman–Crippen LogP) is 4.79. The number of rotatable bonds is 7. The minimum absolute atomic E-state index is 0.0197. The van der Waals surface area contributed by atoms with Crippen LogP contribution in [-0.4, -0.2) is 32.6 Å². The molecule has 0 saturated heterocycles. The Morgan fingerprint density at radius 1 is 1.06 bits per heavy atom. The van der Waals surface area contributed by atoms with E-state index in [2.05, 4.69) is 5.10 Å². The molecule has 4 aromatic rings. The van der Waals surface area contributed by atoms with Crippen molar-refractivity contribution in [3.63, 3.8) is 0 Å². The highest BCUT2D eigenvalue weighted by Crippen LogP contribution is 2.26. The number of benzene rings is 3. The number of hydrogen-bond acceptors (Lipinski definition) is 4. The summed E-state index contributed by atoms with van der Waals surface area (Å²) in [4.78, 5) is 25.1. The molecule has 0 spiro atoms. The van der Waals surface area contributed by atoms with Crippen molar-refractivity contribution in [3.05, 3.63) is 112 Å². The maximum Gasteiger partial charge on any atom is 0.269 e. The van der Waals surface area contributed by atoms with Gasteiger partial charge in [-0.1, -0.05) is 30.3 Å². The second kappa shape index (κ2) is 9.44. The third kappa shape index (κ3) is 5.12. The van der Waals surface area contributed by atoms with Crippen LogP contribution in [0.1, 0.15) is 11.1 Å². The van der Waals surface area contributed by atoms with Crippen LogP contribution >= 0.6 is 0 Å². The van der Waals surface area contributed by atoms with Gasteiger partial charge in [0.2, 0.25) is 5.91 Å². The number of nitrogens with zero attached hydrogens (tertiary/aromatic N) is 4. The molecule has 166 valence electrons. The average molecular weight is 444 g/mol. The number of aromatic nitrogens is 2. The number of hydrogen-bond donors (Lipinski definition) is 0. The van der Waals surface area contributed by atoms with E-state index < -0.39 is 4.92 Å². The molecule has 7 nitrogen and oxygen atoms in total. The maximum absolute atomic E-state index is 13.5. The summed E-state index contributed by atoms with van der Waals surface area (Å²) in [6.45, 7) is 0.274. The highest BCUT2D eigenvalue weighted by molar-refractivity contribution is 5.81. The van der Waals surface area contributed by atoms with Crippen molar-refractivity contribution < 1.29 is 14.1 Å². The molecule has 4 rings (SSSR count). The van der Waals surface area contributed by atoms with Crippen molar-refractivity contribution in [2.24, 2.45) is 0 Å². The molecule has 0 unspecified atom stereocenters. The van der Waals surface area contributed by atoms with Crippen molar-refractivity contribution in [1.29, 1.82) is 0 Å². The molecule has 0 bridgehead atoms. The van der Waals surface area contributed by atoms with E-state index in [1.165, 1.54) is 29.2 Å². The first-order valence-corrected chi connectivity index (χ1v) is 10.3. The zero-order valence-corrected chi connectivity index (χ0v) is 17.9. The smallest absolute Gasteiger partial charge is 0.269 e. The minimum atomic E-state index is -0.460. The molecule has 1 aromatic heterocycles. The maximum atomic E-state index is 13.5. The lowest BCUT2D eigenvalue weighted by atomic mass is 10.0. The summed E-state index contributed by atoms with van der Waals surface area (Å²) in [7, 11) is 1.67. The second-order valence-electron chi connectivity index (χ2n) is 7.64. The van der Waals surface area contributed by atoms with E-state index in [1.807, 2.05) is 30.3 Å². The summed E-state index contributed by atoms with van der Waals surface area (Å²) >= 11 is 0. The molecule has 0 N–H and O–H groups in total. The first-order valence-electron chi connectivity index (χ1n) is 10.3. The van der Waals surface area contributed by atoms with Gasteiger partial charge in [0.15, 0.2) is 0 Å². The van der Waals surface area contributed by atoms with Gasteiger partial charge in [-0.2, -0.15) is 5.10 Å². The summed E-state index contributed by atoms with van der Waals surface area (Å²) in [5.41, 5.74) is 3.43. The lowest BCUT2D eigenvalue weighted by Crippen LogP contribution is -2.27. The lowest BCUT2D eigenvalue weighted by Gasteiger charge is -2.17. The Bertz CT molecular complexity index is 1290. The van der Waals surface area contributed by atoms with E-state index in [-0.39, 0.29) is 30.4 Å². The molecule has 0 aliphatic carbocycles. The largest absolute Gasteiger partial charge is 0.341 e. The molecule has 0 radical (unpaired) electrons. The topological polar surface area (TPSA) is 81.3 Å². The number of para-hydroxylation sites is 1. The van der Waals surface area contributed by atoms with Crippen LogP contribution in [0.4, 0.5) is 10.1 Å². The summed E-state index contributed by atoms with van der Waals surface area (Å²) in [6, 6.07) is 21.7. The fraction of sp³-hybridized carbons (Fsp3) is 0.120.